The summed E-state index contributed by atoms with van der Waals surface area (Å²) in [5, 5.41) is 0. The summed E-state index contributed by atoms with van der Waals surface area (Å²) in [5.41, 5.74) is 7.69. The predicted octanol–water partition coefficient (Wildman–Crippen LogP) is 3.79. The van der Waals surface area contributed by atoms with E-state index in [0.29, 0.717) is 16.1 Å². The molecule has 2 rings (SSSR count). The number of benzene rings is 2. The van der Waals surface area contributed by atoms with Gasteiger partial charge in [-0.2, -0.15) is 0 Å². The molecule has 0 bridgehead atoms. The Morgan fingerprint density at radius 3 is 2.68 bits per heavy atom. The lowest BCUT2D eigenvalue weighted by Gasteiger charge is -2.07. The molecule has 0 radical (unpaired) electrons. The SMILES string of the molecule is Cc1cc(S(=O)Cc2cc(Br)ccc2F)ccc1N. The van der Waals surface area contributed by atoms with E-state index in [0.717, 1.165) is 10.0 Å². The highest BCUT2D eigenvalue weighted by Gasteiger charge is 2.10. The molecular weight excluding hydrogens is 329 g/mol. The summed E-state index contributed by atoms with van der Waals surface area (Å²) in [6.45, 7) is 1.86. The zero-order valence-electron chi connectivity index (χ0n) is 10.3. The number of rotatable bonds is 3. The molecule has 0 amide bonds. The van der Waals surface area contributed by atoms with Gasteiger partial charge in [0.1, 0.15) is 5.82 Å². The largest absolute Gasteiger partial charge is 0.399 e. The van der Waals surface area contributed by atoms with Crippen LogP contribution in [0, 0.1) is 12.7 Å². The first-order chi connectivity index (χ1) is 8.97. The fourth-order valence-corrected chi connectivity index (χ4v) is 3.28. The zero-order chi connectivity index (χ0) is 14.0. The second-order valence-corrected chi connectivity index (χ2v) is 6.61. The van der Waals surface area contributed by atoms with Crippen LogP contribution in [-0.4, -0.2) is 4.21 Å². The third kappa shape index (κ3) is 3.42. The van der Waals surface area contributed by atoms with Gasteiger partial charge in [0.25, 0.3) is 0 Å². The predicted molar refractivity (Wildman–Crippen MR) is 79.8 cm³/mol. The molecule has 0 fully saturated rings. The molecule has 1 unspecified atom stereocenters. The summed E-state index contributed by atoms with van der Waals surface area (Å²) in [7, 11) is -1.29. The van der Waals surface area contributed by atoms with Gasteiger partial charge in [-0.3, -0.25) is 4.21 Å². The lowest BCUT2D eigenvalue weighted by molar-refractivity contribution is 0.615. The van der Waals surface area contributed by atoms with Crippen molar-refractivity contribution in [1.82, 2.24) is 0 Å². The highest BCUT2D eigenvalue weighted by atomic mass is 79.9. The number of nitrogens with two attached hydrogens (primary N) is 1. The highest BCUT2D eigenvalue weighted by molar-refractivity contribution is 9.10. The smallest absolute Gasteiger partial charge is 0.127 e. The average Bonchev–Trinajstić information content (AvgIpc) is 2.37. The van der Waals surface area contributed by atoms with E-state index in [1.54, 1.807) is 30.3 Å². The van der Waals surface area contributed by atoms with Crippen LogP contribution in [0.3, 0.4) is 0 Å². The Bertz CT molecular complexity index is 645. The van der Waals surface area contributed by atoms with Crippen LogP contribution >= 0.6 is 15.9 Å². The Morgan fingerprint density at radius 2 is 2.00 bits per heavy atom. The fourth-order valence-electron chi connectivity index (χ4n) is 1.67. The standard InChI is InChI=1S/C14H13BrFNOS/c1-9-6-12(3-5-14(9)17)19(18)8-10-7-11(15)2-4-13(10)16/h2-7H,8,17H2,1H3. The molecule has 100 valence electrons. The maximum atomic E-state index is 13.6. The van der Waals surface area contributed by atoms with Gasteiger partial charge in [0.15, 0.2) is 0 Å². The van der Waals surface area contributed by atoms with Crippen molar-refractivity contribution < 1.29 is 8.60 Å². The van der Waals surface area contributed by atoms with Crippen LogP contribution in [-0.2, 0) is 16.6 Å². The molecule has 19 heavy (non-hydrogen) atoms. The number of hydrogen-bond donors (Lipinski definition) is 1. The molecule has 0 aliphatic carbocycles. The topological polar surface area (TPSA) is 43.1 Å². The molecule has 2 nitrogen and oxygen atoms in total. The van der Waals surface area contributed by atoms with E-state index in [4.69, 9.17) is 5.73 Å². The Hall–Kier alpha value is -1.20. The lowest BCUT2D eigenvalue weighted by Crippen LogP contribution is -2.00. The molecule has 0 aliphatic heterocycles. The van der Waals surface area contributed by atoms with Crippen molar-refractivity contribution in [2.75, 3.05) is 5.73 Å². The molecule has 0 spiro atoms. The van der Waals surface area contributed by atoms with Gasteiger partial charge in [-0.15, -0.1) is 0 Å². The number of hydrogen-bond acceptors (Lipinski definition) is 2. The Labute approximate surface area is 122 Å². The van der Waals surface area contributed by atoms with Crippen molar-refractivity contribution in [3.05, 3.63) is 57.8 Å². The summed E-state index contributed by atoms with van der Waals surface area (Å²) in [6.07, 6.45) is 0. The summed E-state index contributed by atoms with van der Waals surface area (Å²) < 4.78 is 26.6. The Morgan fingerprint density at radius 1 is 1.26 bits per heavy atom. The number of anilines is 1. The van der Waals surface area contributed by atoms with Crippen LogP contribution in [0.2, 0.25) is 0 Å². The van der Waals surface area contributed by atoms with Crippen LogP contribution in [0.4, 0.5) is 10.1 Å². The molecule has 2 aromatic rings. The van der Waals surface area contributed by atoms with Gasteiger partial charge >= 0.3 is 0 Å². The first kappa shape index (κ1) is 14.2. The van der Waals surface area contributed by atoms with Crippen molar-refractivity contribution >= 4 is 32.4 Å². The Balaban J connectivity index is 2.25. The van der Waals surface area contributed by atoms with Crippen LogP contribution in [0.1, 0.15) is 11.1 Å². The third-order valence-electron chi connectivity index (χ3n) is 2.80. The highest BCUT2D eigenvalue weighted by Crippen LogP contribution is 2.21. The third-order valence-corrected chi connectivity index (χ3v) is 4.64. The quantitative estimate of drug-likeness (QED) is 0.863. The summed E-state index contributed by atoms with van der Waals surface area (Å²) in [4.78, 5) is 0.658. The van der Waals surface area contributed by atoms with Crippen LogP contribution in [0.5, 0.6) is 0 Å². The van der Waals surface area contributed by atoms with Gasteiger partial charge in [0.2, 0.25) is 0 Å². The maximum absolute atomic E-state index is 13.6. The van der Waals surface area contributed by atoms with Gasteiger partial charge < -0.3 is 5.73 Å². The van der Waals surface area contributed by atoms with E-state index >= 15 is 0 Å². The lowest BCUT2D eigenvalue weighted by atomic mass is 10.2. The summed E-state index contributed by atoms with van der Waals surface area (Å²) in [6, 6.07) is 9.85. The molecule has 0 heterocycles. The second-order valence-electron chi connectivity index (χ2n) is 4.24. The van der Waals surface area contributed by atoms with E-state index in [1.807, 2.05) is 6.92 Å². The van der Waals surface area contributed by atoms with Crippen LogP contribution < -0.4 is 5.73 Å². The molecule has 1 atom stereocenters. The minimum atomic E-state index is -1.29. The summed E-state index contributed by atoms with van der Waals surface area (Å²) >= 11 is 3.28. The maximum Gasteiger partial charge on any atom is 0.127 e. The van der Waals surface area contributed by atoms with E-state index in [-0.39, 0.29) is 11.6 Å². The fraction of sp³-hybridized carbons (Fsp3) is 0.143. The van der Waals surface area contributed by atoms with Crippen molar-refractivity contribution in [2.45, 2.75) is 17.6 Å². The van der Waals surface area contributed by atoms with Gasteiger partial charge in [-0.25, -0.2) is 4.39 Å². The molecule has 0 aromatic heterocycles. The van der Waals surface area contributed by atoms with Gasteiger partial charge in [0.05, 0.1) is 16.6 Å². The molecule has 5 heteroatoms. The van der Waals surface area contributed by atoms with Crippen molar-refractivity contribution in [2.24, 2.45) is 0 Å². The van der Waals surface area contributed by atoms with Crippen LogP contribution in [0.15, 0.2) is 45.8 Å². The first-order valence-electron chi connectivity index (χ1n) is 5.66. The zero-order valence-corrected chi connectivity index (χ0v) is 12.7. The molecule has 0 aliphatic rings. The van der Waals surface area contributed by atoms with Gasteiger partial charge in [-0.1, -0.05) is 15.9 Å². The van der Waals surface area contributed by atoms with E-state index in [2.05, 4.69) is 15.9 Å². The summed E-state index contributed by atoms with van der Waals surface area (Å²) in [5.74, 6) is -0.196. The van der Waals surface area contributed by atoms with Crippen molar-refractivity contribution in [3.63, 3.8) is 0 Å². The monoisotopic (exact) mass is 341 g/mol. The average molecular weight is 342 g/mol. The number of aryl methyl sites for hydroxylation is 1. The van der Waals surface area contributed by atoms with E-state index in [9.17, 15) is 8.60 Å². The van der Waals surface area contributed by atoms with Crippen molar-refractivity contribution in [3.8, 4) is 0 Å². The van der Waals surface area contributed by atoms with E-state index < -0.39 is 10.8 Å². The van der Waals surface area contributed by atoms with Crippen LogP contribution in [0.25, 0.3) is 0 Å². The molecule has 2 N–H and O–H groups in total. The van der Waals surface area contributed by atoms with E-state index in [1.165, 1.54) is 6.07 Å². The van der Waals surface area contributed by atoms with Gasteiger partial charge in [0, 0.05) is 20.6 Å². The first-order valence-corrected chi connectivity index (χ1v) is 7.77. The normalized spacial score (nSPS) is 12.4. The minimum absolute atomic E-state index is 0.147. The minimum Gasteiger partial charge on any atom is -0.399 e. The second kappa shape index (κ2) is 5.84. The molecule has 0 saturated carbocycles. The van der Waals surface area contributed by atoms with Gasteiger partial charge in [-0.05, 0) is 48.9 Å². The number of nitrogen functional groups attached to an aromatic ring is 1. The molecule has 0 saturated heterocycles. The molecular formula is C14H13BrFNOS. The van der Waals surface area contributed by atoms with Crippen molar-refractivity contribution in [1.29, 1.82) is 0 Å². The molecule has 2 aromatic carbocycles. The number of halogens is 2. The Kier molecular flexibility index (Phi) is 4.37.